The van der Waals surface area contributed by atoms with E-state index in [4.69, 9.17) is 15.4 Å². The lowest BCUT2D eigenvalue weighted by atomic mass is 10.2. The van der Waals surface area contributed by atoms with E-state index in [0.717, 1.165) is 5.56 Å². The lowest BCUT2D eigenvalue weighted by Crippen LogP contribution is -2.33. The molecule has 0 spiro atoms. The first-order valence-corrected chi connectivity index (χ1v) is 7.65. The van der Waals surface area contributed by atoms with Crippen LogP contribution in [-0.2, 0) is 20.4 Å². The Hall–Kier alpha value is -1.27. The number of ether oxygens (including phenoxy) is 1. The van der Waals surface area contributed by atoms with Crippen LogP contribution in [0.1, 0.15) is 12.5 Å². The summed E-state index contributed by atoms with van der Waals surface area (Å²) in [5.41, 5.74) is 0.852. The smallest absolute Gasteiger partial charge is 0.407 e. The van der Waals surface area contributed by atoms with E-state index < -0.39 is 20.4 Å². The van der Waals surface area contributed by atoms with Gasteiger partial charge >= 0.3 is 6.09 Å². The highest BCUT2D eigenvalue weighted by molar-refractivity contribution is 8.14. The third-order valence-corrected chi connectivity index (χ3v) is 4.27. The minimum absolute atomic E-state index is 0.0839. The SMILES string of the molecule is CC(CNC(=O)OCc1ccccc1)S(=O)(=O)Cl. The Labute approximate surface area is 111 Å². The fraction of sp³-hybridized carbons (Fsp3) is 0.364. The van der Waals surface area contributed by atoms with Crippen LogP contribution >= 0.6 is 10.7 Å². The van der Waals surface area contributed by atoms with Gasteiger partial charge in [-0.2, -0.15) is 0 Å². The highest BCUT2D eigenvalue weighted by Crippen LogP contribution is 2.05. The molecule has 1 rings (SSSR count). The van der Waals surface area contributed by atoms with E-state index in [-0.39, 0.29) is 13.2 Å². The molecule has 1 N–H and O–H groups in total. The van der Waals surface area contributed by atoms with Crippen molar-refractivity contribution in [1.82, 2.24) is 5.32 Å². The van der Waals surface area contributed by atoms with Gasteiger partial charge < -0.3 is 10.1 Å². The molecule has 1 atom stereocenters. The fourth-order valence-electron chi connectivity index (χ4n) is 1.10. The van der Waals surface area contributed by atoms with Gasteiger partial charge in [-0.15, -0.1) is 0 Å². The first kappa shape index (κ1) is 14.8. The van der Waals surface area contributed by atoms with Gasteiger partial charge in [0.2, 0.25) is 9.05 Å². The van der Waals surface area contributed by atoms with Crippen LogP contribution in [0.15, 0.2) is 30.3 Å². The summed E-state index contributed by atoms with van der Waals surface area (Å²) in [5, 5.41) is 1.48. The van der Waals surface area contributed by atoms with E-state index in [2.05, 4.69) is 5.32 Å². The number of rotatable bonds is 5. The molecule has 1 amide bonds. The zero-order valence-electron chi connectivity index (χ0n) is 9.80. The summed E-state index contributed by atoms with van der Waals surface area (Å²) in [5.74, 6) is 0. The summed E-state index contributed by atoms with van der Waals surface area (Å²) in [7, 11) is 1.46. The van der Waals surface area contributed by atoms with Crippen LogP contribution < -0.4 is 5.32 Å². The first-order chi connectivity index (χ1) is 8.39. The molecule has 0 aliphatic rings. The third-order valence-electron chi connectivity index (χ3n) is 2.23. The Morgan fingerprint density at radius 2 is 2.00 bits per heavy atom. The lowest BCUT2D eigenvalue weighted by Gasteiger charge is -2.10. The quantitative estimate of drug-likeness (QED) is 0.841. The summed E-state index contributed by atoms with van der Waals surface area (Å²) < 4.78 is 26.7. The van der Waals surface area contributed by atoms with E-state index in [1.165, 1.54) is 6.92 Å². The molecule has 18 heavy (non-hydrogen) atoms. The molecular weight excluding hydrogens is 278 g/mol. The maximum Gasteiger partial charge on any atom is 0.407 e. The van der Waals surface area contributed by atoms with E-state index >= 15 is 0 Å². The van der Waals surface area contributed by atoms with Crippen molar-refractivity contribution in [1.29, 1.82) is 0 Å². The van der Waals surface area contributed by atoms with Gasteiger partial charge in [-0.05, 0) is 12.5 Å². The number of benzene rings is 1. The molecule has 0 heterocycles. The van der Waals surface area contributed by atoms with Crippen molar-refractivity contribution >= 4 is 25.8 Å². The zero-order valence-corrected chi connectivity index (χ0v) is 11.4. The summed E-state index contributed by atoms with van der Waals surface area (Å²) in [4.78, 5) is 11.3. The molecule has 0 saturated carbocycles. The normalized spacial score (nSPS) is 12.8. The number of hydrogen-bond acceptors (Lipinski definition) is 4. The van der Waals surface area contributed by atoms with E-state index in [1.807, 2.05) is 30.3 Å². The minimum Gasteiger partial charge on any atom is -0.445 e. The topological polar surface area (TPSA) is 72.5 Å². The van der Waals surface area contributed by atoms with Crippen LogP contribution in [0.3, 0.4) is 0 Å². The molecule has 5 nitrogen and oxygen atoms in total. The second-order valence-electron chi connectivity index (χ2n) is 3.73. The van der Waals surface area contributed by atoms with Gasteiger partial charge in [-0.25, -0.2) is 13.2 Å². The summed E-state index contributed by atoms with van der Waals surface area (Å²) in [6, 6.07) is 9.16. The number of hydrogen-bond donors (Lipinski definition) is 1. The van der Waals surface area contributed by atoms with E-state index in [0.29, 0.717) is 0 Å². The number of carbonyl (C=O) groups excluding carboxylic acids is 1. The van der Waals surface area contributed by atoms with Crippen LogP contribution in [-0.4, -0.2) is 26.3 Å². The fourth-order valence-corrected chi connectivity index (χ4v) is 1.57. The van der Waals surface area contributed by atoms with Crippen molar-refractivity contribution in [3.63, 3.8) is 0 Å². The highest BCUT2D eigenvalue weighted by atomic mass is 35.7. The largest absolute Gasteiger partial charge is 0.445 e. The van der Waals surface area contributed by atoms with E-state index in [1.54, 1.807) is 0 Å². The van der Waals surface area contributed by atoms with Crippen molar-refractivity contribution in [2.75, 3.05) is 6.54 Å². The Morgan fingerprint density at radius 1 is 1.39 bits per heavy atom. The van der Waals surface area contributed by atoms with Crippen molar-refractivity contribution in [2.24, 2.45) is 0 Å². The van der Waals surface area contributed by atoms with Gasteiger partial charge in [0.05, 0.1) is 5.25 Å². The Bertz CT molecular complexity index is 489. The predicted molar refractivity (Wildman–Crippen MR) is 68.9 cm³/mol. The Kier molecular flexibility index (Phi) is 5.43. The standard InChI is InChI=1S/C11H14ClNO4S/c1-9(18(12,15)16)7-13-11(14)17-8-10-5-3-2-4-6-10/h2-6,9H,7-8H2,1H3,(H,13,14). The zero-order chi connectivity index (χ0) is 13.6. The Morgan fingerprint density at radius 3 is 2.56 bits per heavy atom. The average Bonchev–Trinajstić information content (AvgIpc) is 2.33. The summed E-state index contributed by atoms with van der Waals surface area (Å²) in [6.07, 6.45) is -0.675. The summed E-state index contributed by atoms with van der Waals surface area (Å²) >= 11 is 0. The number of amides is 1. The predicted octanol–water partition coefficient (Wildman–Crippen LogP) is 1.87. The van der Waals surface area contributed by atoms with Gasteiger partial charge in [0.1, 0.15) is 6.61 Å². The number of alkyl carbamates (subject to hydrolysis) is 1. The van der Waals surface area contributed by atoms with Gasteiger partial charge in [0.15, 0.2) is 0 Å². The molecule has 1 aromatic carbocycles. The van der Waals surface area contributed by atoms with Gasteiger partial charge in [-0.1, -0.05) is 30.3 Å². The molecule has 1 aromatic rings. The maximum absolute atomic E-state index is 11.3. The van der Waals surface area contributed by atoms with Gasteiger partial charge in [-0.3, -0.25) is 0 Å². The number of halogens is 1. The van der Waals surface area contributed by atoms with Crippen molar-refractivity contribution in [3.8, 4) is 0 Å². The first-order valence-electron chi connectivity index (χ1n) is 5.27. The molecule has 0 aliphatic carbocycles. The molecule has 7 heteroatoms. The molecule has 0 saturated heterocycles. The van der Waals surface area contributed by atoms with Crippen molar-refractivity contribution in [2.45, 2.75) is 18.8 Å². The van der Waals surface area contributed by atoms with Crippen LogP contribution in [0.5, 0.6) is 0 Å². The number of nitrogens with one attached hydrogen (secondary N) is 1. The van der Waals surface area contributed by atoms with Crippen LogP contribution in [0.25, 0.3) is 0 Å². The molecule has 0 fully saturated rings. The van der Waals surface area contributed by atoms with Crippen molar-refractivity contribution in [3.05, 3.63) is 35.9 Å². The molecule has 0 radical (unpaired) electrons. The molecular formula is C11H14ClNO4S. The van der Waals surface area contributed by atoms with Crippen LogP contribution in [0.2, 0.25) is 0 Å². The van der Waals surface area contributed by atoms with Gasteiger partial charge in [0.25, 0.3) is 0 Å². The molecule has 0 aromatic heterocycles. The second kappa shape index (κ2) is 6.61. The minimum atomic E-state index is -3.66. The molecule has 0 bridgehead atoms. The van der Waals surface area contributed by atoms with E-state index in [9.17, 15) is 13.2 Å². The molecule has 100 valence electrons. The molecule has 1 unspecified atom stereocenters. The Balaban J connectivity index is 2.31. The monoisotopic (exact) mass is 291 g/mol. The number of carbonyl (C=O) groups is 1. The maximum atomic E-state index is 11.3. The lowest BCUT2D eigenvalue weighted by molar-refractivity contribution is 0.140. The van der Waals surface area contributed by atoms with Crippen LogP contribution in [0, 0.1) is 0 Å². The van der Waals surface area contributed by atoms with Gasteiger partial charge in [0, 0.05) is 17.2 Å². The molecule has 0 aliphatic heterocycles. The third kappa shape index (κ3) is 5.37. The second-order valence-corrected chi connectivity index (χ2v) is 6.78. The average molecular weight is 292 g/mol. The van der Waals surface area contributed by atoms with Crippen molar-refractivity contribution < 1.29 is 17.9 Å². The van der Waals surface area contributed by atoms with Crippen LogP contribution in [0.4, 0.5) is 4.79 Å². The highest BCUT2D eigenvalue weighted by Gasteiger charge is 2.18. The summed E-state index contributed by atoms with van der Waals surface area (Å²) in [6.45, 7) is 1.45.